The lowest BCUT2D eigenvalue weighted by atomic mass is 10.1. The molecule has 0 saturated heterocycles. The van der Waals surface area contributed by atoms with Crippen LogP contribution in [0.2, 0.25) is 0 Å². The molecular formula is C18H19NO3S. The van der Waals surface area contributed by atoms with Gasteiger partial charge >= 0.3 is 0 Å². The van der Waals surface area contributed by atoms with Gasteiger partial charge in [-0.25, -0.2) is 8.42 Å². The first-order valence-corrected chi connectivity index (χ1v) is 9.41. The van der Waals surface area contributed by atoms with E-state index >= 15 is 0 Å². The molecule has 0 radical (unpaired) electrons. The Morgan fingerprint density at radius 2 is 1.78 bits per heavy atom. The van der Waals surface area contributed by atoms with E-state index in [0.717, 1.165) is 30.6 Å². The van der Waals surface area contributed by atoms with E-state index in [9.17, 15) is 8.42 Å². The number of rotatable bonds is 2. The van der Waals surface area contributed by atoms with Gasteiger partial charge in [-0.3, -0.25) is 0 Å². The largest absolute Gasteiger partial charge is 0.492 e. The van der Waals surface area contributed by atoms with Crippen molar-refractivity contribution in [1.82, 2.24) is 4.31 Å². The minimum absolute atomic E-state index is 0.357. The third-order valence-electron chi connectivity index (χ3n) is 4.63. The Balaban J connectivity index is 1.69. The van der Waals surface area contributed by atoms with Crippen molar-refractivity contribution in [2.45, 2.75) is 30.7 Å². The minimum Gasteiger partial charge on any atom is -0.492 e. The van der Waals surface area contributed by atoms with E-state index in [0.29, 0.717) is 24.6 Å². The van der Waals surface area contributed by atoms with Gasteiger partial charge in [0.05, 0.1) is 4.90 Å². The third kappa shape index (κ3) is 2.64. The summed E-state index contributed by atoms with van der Waals surface area (Å²) in [5.41, 5.74) is 3.38. The Morgan fingerprint density at radius 1 is 0.957 bits per heavy atom. The summed E-state index contributed by atoms with van der Waals surface area (Å²) in [5, 5.41) is 0. The molecule has 4 nitrogen and oxygen atoms in total. The van der Waals surface area contributed by atoms with Crippen LogP contribution in [0.25, 0.3) is 0 Å². The first-order valence-electron chi connectivity index (χ1n) is 7.97. The molecule has 0 aromatic heterocycles. The maximum atomic E-state index is 13.0. The molecule has 0 atom stereocenters. The Bertz CT molecular complexity index is 845. The minimum atomic E-state index is -3.50. The fourth-order valence-corrected chi connectivity index (χ4v) is 4.82. The number of ether oxygens (including phenoxy) is 1. The number of hydrogen-bond donors (Lipinski definition) is 0. The number of hydrogen-bond acceptors (Lipinski definition) is 3. The molecule has 120 valence electrons. The van der Waals surface area contributed by atoms with Crippen LogP contribution in [0.5, 0.6) is 5.75 Å². The molecule has 1 aliphatic heterocycles. The van der Waals surface area contributed by atoms with Crippen molar-refractivity contribution in [2.75, 3.05) is 13.2 Å². The van der Waals surface area contributed by atoms with Crippen LogP contribution in [0.3, 0.4) is 0 Å². The summed E-state index contributed by atoms with van der Waals surface area (Å²) in [6, 6.07) is 13.2. The first-order chi connectivity index (χ1) is 11.1. The van der Waals surface area contributed by atoms with Crippen molar-refractivity contribution in [1.29, 1.82) is 0 Å². The molecule has 0 amide bonds. The molecular weight excluding hydrogens is 310 g/mol. The van der Waals surface area contributed by atoms with Crippen molar-refractivity contribution in [2.24, 2.45) is 0 Å². The Kier molecular flexibility index (Phi) is 3.62. The molecule has 5 heteroatoms. The zero-order valence-electron chi connectivity index (χ0n) is 12.9. The van der Waals surface area contributed by atoms with Crippen LogP contribution in [0.1, 0.15) is 23.1 Å². The molecule has 2 aromatic carbocycles. The van der Waals surface area contributed by atoms with E-state index < -0.39 is 10.0 Å². The standard InChI is InChI=1S/C18H19NO3S/c20-23(21,17-9-8-14-5-3-6-15(14)12-17)19-10-11-22-18-7-2-1-4-16(18)13-19/h1-2,4,7-9,12H,3,5-6,10-11,13H2. The highest BCUT2D eigenvalue weighted by Crippen LogP contribution is 2.29. The van der Waals surface area contributed by atoms with Crippen molar-refractivity contribution in [3.63, 3.8) is 0 Å². The number of fused-ring (bicyclic) bond motifs is 2. The fraction of sp³-hybridized carbons (Fsp3) is 0.333. The van der Waals surface area contributed by atoms with Gasteiger partial charge in [0.2, 0.25) is 10.0 Å². The molecule has 0 fully saturated rings. The quantitative estimate of drug-likeness (QED) is 0.851. The van der Waals surface area contributed by atoms with Crippen molar-refractivity contribution >= 4 is 10.0 Å². The molecule has 2 aromatic rings. The second kappa shape index (κ2) is 5.65. The monoisotopic (exact) mass is 329 g/mol. The zero-order chi connectivity index (χ0) is 15.9. The van der Waals surface area contributed by atoms with Crippen LogP contribution in [-0.2, 0) is 29.4 Å². The smallest absolute Gasteiger partial charge is 0.243 e. The number of sulfonamides is 1. The van der Waals surface area contributed by atoms with Crippen LogP contribution in [0, 0.1) is 0 Å². The Morgan fingerprint density at radius 3 is 2.70 bits per heavy atom. The van der Waals surface area contributed by atoms with E-state index in [4.69, 9.17) is 4.74 Å². The molecule has 0 spiro atoms. The lowest BCUT2D eigenvalue weighted by molar-refractivity contribution is 0.293. The summed E-state index contributed by atoms with van der Waals surface area (Å²) < 4.78 is 33.2. The van der Waals surface area contributed by atoms with E-state index in [1.807, 2.05) is 36.4 Å². The third-order valence-corrected chi connectivity index (χ3v) is 6.47. The predicted molar refractivity (Wildman–Crippen MR) is 88.0 cm³/mol. The number of benzene rings is 2. The van der Waals surface area contributed by atoms with Crippen LogP contribution < -0.4 is 4.74 Å². The van der Waals surface area contributed by atoms with E-state index in [1.165, 1.54) is 15.4 Å². The molecule has 0 N–H and O–H groups in total. The highest BCUT2D eigenvalue weighted by molar-refractivity contribution is 7.89. The van der Waals surface area contributed by atoms with Gasteiger partial charge < -0.3 is 4.74 Å². The van der Waals surface area contributed by atoms with Crippen LogP contribution in [0.15, 0.2) is 47.4 Å². The lowest BCUT2D eigenvalue weighted by Crippen LogP contribution is -2.32. The average Bonchev–Trinajstić information content (AvgIpc) is 2.91. The molecule has 0 bridgehead atoms. The van der Waals surface area contributed by atoms with E-state index in [2.05, 4.69) is 0 Å². The second-order valence-corrected chi connectivity index (χ2v) is 8.02. The summed E-state index contributed by atoms with van der Waals surface area (Å²) in [6.07, 6.45) is 3.15. The number of aryl methyl sites for hydroxylation is 2. The number of para-hydroxylation sites is 1. The topological polar surface area (TPSA) is 46.6 Å². The first kappa shape index (κ1) is 14.7. The van der Waals surface area contributed by atoms with E-state index in [-0.39, 0.29) is 0 Å². The average molecular weight is 329 g/mol. The predicted octanol–water partition coefficient (Wildman–Crippen LogP) is 2.76. The normalized spacial score (nSPS) is 17.9. The Labute approximate surface area is 136 Å². The van der Waals surface area contributed by atoms with Crippen LogP contribution in [0.4, 0.5) is 0 Å². The molecule has 0 unspecified atom stereocenters. The van der Waals surface area contributed by atoms with Crippen molar-refractivity contribution in [3.05, 3.63) is 59.2 Å². The highest BCUT2D eigenvalue weighted by Gasteiger charge is 2.28. The van der Waals surface area contributed by atoms with Gasteiger partial charge in [0.15, 0.2) is 0 Å². The highest BCUT2D eigenvalue weighted by atomic mass is 32.2. The van der Waals surface area contributed by atoms with Gasteiger partial charge in [-0.05, 0) is 48.6 Å². The molecule has 1 aliphatic carbocycles. The van der Waals surface area contributed by atoms with Gasteiger partial charge in [0.25, 0.3) is 0 Å². The van der Waals surface area contributed by atoms with Gasteiger partial charge in [-0.2, -0.15) is 4.31 Å². The lowest BCUT2D eigenvalue weighted by Gasteiger charge is -2.20. The molecule has 23 heavy (non-hydrogen) atoms. The fourth-order valence-electron chi connectivity index (χ4n) is 3.36. The molecule has 1 heterocycles. The van der Waals surface area contributed by atoms with Crippen molar-refractivity contribution < 1.29 is 13.2 Å². The SMILES string of the molecule is O=S(=O)(c1ccc2c(c1)CCC2)N1CCOc2ccccc2C1. The summed E-state index contributed by atoms with van der Waals surface area (Å²) in [5.74, 6) is 0.777. The molecule has 0 saturated carbocycles. The summed E-state index contributed by atoms with van der Waals surface area (Å²) in [4.78, 5) is 0.400. The summed E-state index contributed by atoms with van der Waals surface area (Å²) in [6.45, 7) is 1.10. The number of nitrogens with zero attached hydrogens (tertiary/aromatic N) is 1. The second-order valence-electron chi connectivity index (χ2n) is 6.08. The van der Waals surface area contributed by atoms with Crippen LogP contribution >= 0.6 is 0 Å². The van der Waals surface area contributed by atoms with Gasteiger partial charge in [-0.15, -0.1) is 0 Å². The summed E-state index contributed by atoms with van der Waals surface area (Å²) >= 11 is 0. The van der Waals surface area contributed by atoms with Crippen LogP contribution in [-0.4, -0.2) is 25.9 Å². The van der Waals surface area contributed by atoms with E-state index in [1.54, 1.807) is 6.07 Å². The maximum Gasteiger partial charge on any atom is 0.243 e. The summed E-state index contributed by atoms with van der Waals surface area (Å²) in [7, 11) is -3.50. The molecule has 4 rings (SSSR count). The Hall–Kier alpha value is -1.85. The molecule has 2 aliphatic rings. The zero-order valence-corrected chi connectivity index (χ0v) is 13.7. The van der Waals surface area contributed by atoms with Gasteiger partial charge in [0, 0.05) is 18.7 Å². The van der Waals surface area contributed by atoms with Gasteiger partial charge in [0.1, 0.15) is 12.4 Å². The van der Waals surface area contributed by atoms with Crippen molar-refractivity contribution in [3.8, 4) is 5.75 Å². The van der Waals surface area contributed by atoms with Gasteiger partial charge in [-0.1, -0.05) is 24.3 Å². The maximum absolute atomic E-state index is 13.0.